The molecule has 0 aliphatic rings. The van der Waals surface area contributed by atoms with Gasteiger partial charge in [-0.2, -0.15) is 0 Å². The van der Waals surface area contributed by atoms with Crippen molar-refractivity contribution in [2.75, 3.05) is 7.11 Å². The summed E-state index contributed by atoms with van der Waals surface area (Å²) in [4.78, 5) is 12.0. The molecule has 0 unspecified atom stereocenters. The summed E-state index contributed by atoms with van der Waals surface area (Å²) in [5, 5.41) is 12.2. The van der Waals surface area contributed by atoms with Crippen LogP contribution in [0.4, 0.5) is 0 Å². The van der Waals surface area contributed by atoms with Crippen molar-refractivity contribution in [3.8, 4) is 11.5 Å². The average Bonchev–Trinajstić information content (AvgIpc) is 2.47. The number of phenols is 1. The quantitative estimate of drug-likeness (QED) is 0.910. The number of rotatable bonds is 4. The molecule has 0 radical (unpaired) electrons. The predicted octanol–water partition coefficient (Wildman–Crippen LogP) is 2.98. The third kappa shape index (κ3) is 3.42. The highest BCUT2D eigenvalue weighted by molar-refractivity contribution is 6.32. The summed E-state index contributed by atoms with van der Waals surface area (Å²) in [6, 6.07) is 11.8. The second kappa shape index (κ2) is 6.30. The summed E-state index contributed by atoms with van der Waals surface area (Å²) in [5.74, 6) is 0.440. The molecular weight excluding hydrogens is 278 g/mol. The summed E-state index contributed by atoms with van der Waals surface area (Å²) in [5.41, 5.74) is 1.33. The molecule has 2 rings (SSSR count). The molecule has 0 saturated heterocycles. The Morgan fingerprint density at radius 2 is 2.10 bits per heavy atom. The van der Waals surface area contributed by atoms with Gasteiger partial charge in [0.2, 0.25) is 0 Å². The molecule has 0 atom stereocenters. The SMILES string of the molecule is COc1cccc(CNC(=O)c2ccc(O)c(Cl)c2)c1. The van der Waals surface area contributed by atoms with Crippen LogP contribution in [0.3, 0.4) is 0 Å². The summed E-state index contributed by atoms with van der Waals surface area (Å²) in [6.07, 6.45) is 0. The van der Waals surface area contributed by atoms with E-state index in [9.17, 15) is 9.90 Å². The summed E-state index contributed by atoms with van der Waals surface area (Å²) < 4.78 is 5.12. The number of phenolic OH excluding ortho intramolecular Hbond substituents is 1. The van der Waals surface area contributed by atoms with Crippen LogP contribution in [-0.4, -0.2) is 18.1 Å². The van der Waals surface area contributed by atoms with Gasteiger partial charge in [-0.1, -0.05) is 23.7 Å². The zero-order valence-corrected chi connectivity index (χ0v) is 11.6. The van der Waals surface area contributed by atoms with Crippen LogP contribution in [-0.2, 0) is 6.54 Å². The Labute approximate surface area is 122 Å². The van der Waals surface area contributed by atoms with Crippen LogP contribution >= 0.6 is 11.6 Å². The van der Waals surface area contributed by atoms with E-state index in [1.807, 2.05) is 24.3 Å². The van der Waals surface area contributed by atoms with Gasteiger partial charge in [-0.25, -0.2) is 0 Å². The van der Waals surface area contributed by atoms with Crippen LogP contribution in [0.2, 0.25) is 5.02 Å². The summed E-state index contributed by atoms with van der Waals surface area (Å²) >= 11 is 5.77. The Balaban J connectivity index is 2.02. The third-order valence-corrected chi connectivity index (χ3v) is 3.10. The van der Waals surface area contributed by atoms with Gasteiger partial charge in [-0.05, 0) is 35.9 Å². The molecule has 0 bridgehead atoms. The van der Waals surface area contributed by atoms with Gasteiger partial charge in [0, 0.05) is 12.1 Å². The van der Waals surface area contributed by atoms with Crippen molar-refractivity contribution in [1.82, 2.24) is 5.32 Å². The molecule has 2 N–H and O–H groups in total. The molecule has 0 fully saturated rings. The molecule has 2 aromatic carbocycles. The lowest BCUT2D eigenvalue weighted by Gasteiger charge is -2.07. The molecule has 0 aromatic heterocycles. The molecule has 0 saturated carbocycles. The van der Waals surface area contributed by atoms with E-state index < -0.39 is 0 Å². The number of amides is 1. The van der Waals surface area contributed by atoms with E-state index in [0.29, 0.717) is 12.1 Å². The van der Waals surface area contributed by atoms with Crippen LogP contribution in [0.1, 0.15) is 15.9 Å². The van der Waals surface area contributed by atoms with Crippen LogP contribution in [0.25, 0.3) is 0 Å². The minimum Gasteiger partial charge on any atom is -0.506 e. The number of hydrogen-bond donors (Lipinski definition) is 2. The maximum atomic E-state index is 12.0. The van der Waals surface area contributed by atoms with E-state index in [0.717, 1.165) is 11.3 Å². The maximum Gasteiger partial charge on any atom is 0.251 e. The van der Waals surface area contributed by atoms with E-state index in [4.69, 9.17) is 16.3 Å². The van der Waals surface area contributed by atoms with E-state index in [1.54, 1.807) is 7.11 Å². The highest BCUT2D eigenvalue weighted by atomic mass is 35.5. The van der Waals surface area contributed by atoms with Crippen molar-refractivity contribution < 1.29 is 14.6 Å². The predicted molar refractivity (Wildman–Crippen MR) is 77.3 cm³/mol. The Morgan fingerprint density at radius 3 is 2.80 bits per heavy atom. The minimum atomic E-state index is -0.255. The molecule has 1 amide bonds. The number of aromatic hydroxyl groups is 1. The zero-order valence-electron chi connectivity index (χ0n) is 10.9. The average molecular weight is 292 g/mol. The normalized spacial score (nSPS) is 10.1. The van der Waals surface area contributed by atoms with Crippen LogP contribution < -0.4 is 10.1 Å². The molecule has 0 spiro atoms. The number of halogens is 1. The molecule has 2 aromatic rings. The number of carbonyl (C=O) groups is 1. The molecule has 0 heterocycles. The standard InChI is InChI=1S/C15H14ClNO3/c1-20-12-4-2-3-10(7-12)9-17-15(19)11-5-6-14(18)13(16)8-11/h2-8,18H,9H2,1H3,(H,17,19). The number of methoxy groups -OCH3 is 1. The Bertz CT molecular complexity index is 628. The third-order valence-electron chi connectivity index (χ3n) is 2.80. The van der Waals surface area contributed by atoms with Gasteiger partial charge in [-0.3, -0.25) is 4.79 Å². The van der Waals surface area contributed by atoms with Crippen molar-refractivity contribution in [1.29, 1.82) is 0 Å². The molecule has 0 aliphatic carbocycles. The van der Waals surface area contributed by atoms with Gasteiger partial charge >= 0.3 is 0 Å². The first kappa shape index (κ1) is 14.2. The maximum absolute atomic E-state index is 12.0. The smallest absolute Gasteiger partial charge is 0.251 e. The number of benzene rings is 2. The molecule has 5 heteroatoms. The van der Waals surface area contributed by atoms with Crippen LogP contribution in [0.5, 0.6) is 11.5 Å². The second-order valence-corrected chi connectivity index (χ2v) is 4.61. The minimum absolute atomic E-state index is 0.0454. The fourth-order valence-corrected chi connectivity index (χ4v) is 1.90. The second-order valence-electron chi connectivity index (χ2n) is 4.20. The number of carbonyl (C=O) groups excluding carboxylic acids is 1. The van der Waals surface area contributed by atoms with Gasteiger partial charge in [0.1, 0.15) is 11.5 Å². The number of hydrogen-bond acceptors (Lipinski definition) is 3. The fraction of sp³-hybridized carbons (Fsp3) is 0.133. The monoisotopic (exact) mass is 291 g/mol. The van der Waals surface area contributed by atoms with Crippen molar-refractivity contribution >= 4 is 17.5 Å². The molecule has 0 aliphatic heterocycles. The first-order valence-electron chi connectivity index (χ1n) is 6.00. The fourth-order valence-electron chi connectivity index (χ4n) is 1.71. The van der Waals surface area contributed by atoms with Gasteiger partial charge < -0.3 is 15.2 Å². The molecule has 104 valence electrons. The van der Waals surface area contributed by atoms with Crippen molar-refractivity contribution in [2.45, 2.75) is 6.54 Å². The summed E-state index contributed by atoms with van der Waals surface area (Å²) in [6.45, 7) is 0.383. The molecule has 4 nitrogen and oxygen atoms in total. The lowest BCUT2D eigenvalue weighted by Crippen LogP contribution is -2.22. The van der Waals surface area contributed by atoms with E-state index in [-0.39, 0.29) is 16.7 Å². The largest absolute Gasteiger partial charge is 0.506 e. The van der Waals surface area contributed by atoms with Gasteiger partial charge in [0.05, 0.1) is 12.1 Å². The lowest BCUT2D eigenvalue weighted by atomic mass is 10.2. The number of ether oxygens (including phenoxy) is 1. The first-order chi connectivity index (χ1) is 9.60. The first-order valence-corrected chi connectivity index (χ1v) is 6.37. The van der Waals surface area contributed by atoms with Gasteiger partial charge in [0.15, 0.2) is 0 Å². The zero-order chi connectivity index (χ0) is 14.5. The van der Waals surface area contributed by atoms with Crippen LogP contribution in [0, 0.1) is 0 Å². The highest BCUT2D eigenvalue weighted by Gasteiger charge is 2.08. The van der Waals surface area contributed by atoms with Crippen molar-refractivity contribution in [2.24, 2.45) is 0 Å². The van der Waals surface area contributed by atoms with Crippen LogP contribution in [0.15, 0.2) is 42.5 Å². The molecule has 20 heavy (non-hydrogen) atoms. The lowest BCUT2D eigenvalue weighted by molar-refractivity contribution is 0.0951. The van der Waals surface area contributed by atoms with Gasteiger partial charge in [-0.15, -0.1) is 0 Å². The number of nitrogens with one attached hydrogen (secondary N) is 1. The Hall–Kier alpha value is -2.20. The summed E-state index contributed by atoms with van der Waals surface area (Å²) in [7, 11) is 1.59. The van der Waals surface area contributed by atoms with Crippen molar-refractivity contribution in [3.05, 3.63) is 58.6 Å². The van der Waals surface area contributed by atoms with Crippen molar-refractivity contribution in [3.63, 3.8) is 0 Å². The topological polar surface area (TPSA) is 58.6 Å². The highest BCUT2D eigenvalue weighted by Crippen LogP contribution is 2.23. The van der Waals surface area contributed by atoms with Gasteiger partial charge in [0.25, 0.3) is 5.91 Å². The molecular formula is C15H14ClNO3. The van der Waals surface area contributed by atoms with E-state index in [1.165, 1.54) is 18.2 Å². The Morgan fingerprint density at radius 1 is 1.30 bits per heavy atom. The Kier molecular flexibility index (Phi) is 4.48. The van der Waals surface area contributed by atoms with E-state index >= 15 is 0 Å². The van der Waals surface area contributed by atoms with E-state index in [2.05, 4.69) is 5.32 Å².